The molecule has 2 bridgehead atoms. The highest BCUT2D eigenvalue weighted by Gasteiger charge is 2.68. The molecule has 248 valence electrons. The molecule has 0 radical (unpaired) electrons. The van der Waals surface area contributed by atoms with Crippen LogP contribution in [0, 0.1) is 11.8 Å². The zero-order valence-electron chi connectivity index (χ0n) is 28.0. The van der Waals surface area contributed by atoms with Crippen LogP contribution in [0.25, 0.3) is 0 Å². The molecule has 2 fully saturated rings. The van der Waals surface area contributed by atoms with Gasteiger partial charge in [-0.25, -0.2) is 4.59 Å². The minimum absolute atomic E-state index is 0.0584. The summed E-state index contributed by atoms with van der Waals surface area (Å²) >= 11 is 0. The van der Waals surface area contributed by atoms with Crippen LogP contribution in [0.15, 0.2) is 79.4 Å². The molecule has 1 saturated heterocycles. The molecule has 2 heterocycles. The van der Waals surface area contributed by atoms with E-state index in [9.17, 15) is 9.90 Å². The maximum Gasteiger partial charge on any atom is 0.308 e. The van der Waals surface area contributed by atoms with Crippen LogP contribution >= 0.6 is 0 Å². The molecule has 47 heavy (non-hydrogen) atoms. The summed E-state index contributed by atoms with van der Waals surface area (Å²) in [6, 6.07) is 23.7. The average molecular weight is 636 g/mol. The van der Waals surface area contributed by atoms with Gasteiger partial charge in [-0.15, -0.1) is 0 Å². The van der Waals surface area contributed by atoms with Gasteiger partial charge >= 0.3 is 5.97 Å². The number of quaternary nitrogens is 1. The van der Waals surface area contributed by atoms with E-state index in [0.29, 0.717) is 29.4 Å². The Morgan fingerprint density at radius 3 is 2.55 bits per heavy atom. The summed E-state index contributed by atoms with van der Waals surface area (Å²) < 4.78 is 13.1. The number of ether oxygens (including phenoxy) is 2. The van der Waals surface area contributed by atoms with Crippen LogP contribution < -0.4 is 14.9 Å². The average Bonchev–Trinajstić information content (AvgIpc) is 3.42. The van der Waals surface area contributed by atoms with E-state index in [4.69, 9.17) is 9.47 Å². The quantitative estimate of drug-likeness (QED) is 0.0628. The van der Waals surface area contributed by atoms with E-state index in [1.165, 1.54) is 37.3 Å². The fraction of sp³-hybridized carbons (Fsp3) is 0.488. The van der Waals surface area contributed by atoms with Crippen molar-refractivity contribution in [3.05, 3.63) is 102 Å². The van der Waals surface area contributed by atoms with Gasteiger partial charge in [-0.1, -0.05) is 73.7 Å². The predicted octanol–water partition coefficient (Wildman–Crippen LogP) is 7.61. The lowest BCUT2D eigenvalue weighted by Gasteiger charge is -2.61. The highest BCUT2D eigenvalue weighted by molar-refractivity contribution is 5.73. The van der Waals surface area contributed by atoms with Crippen molar-refractivity contribution in [2.24, 2.45) is 11.8 Å². The van der Waals surface area contributed by atoms with Gasteiger partial charge in [0.2, 0.25) is 0 Å². The van der Waals surface area contributed by atoms with E-state index in [-0.39, 0.29) is 17.3 Å². The summed E-state index contributed by atoms with van der Waals surface area (Å²) in [5.74, 6) is 1.92. The molecule has 3 aromatic rings. The summed E-state index contributed by atoms with van der Waals surface area (Å²) in [4.78, 5) is 12.0. The van der Waals surface area contributed by atoms with Crippen LogP contribution in [-0.2, 0) is 29.5 Å². The van der Waals surface area contributed by atoms with Crippen molar-refractivity contribution >= 4 is 5.97 Å². The monoisotopic (exact) mass is 635 g/mol. The minimum Gasteiger partial charge on any atom is -0.508 e. The lowest BCUT2D eigenvalue weighted by Crippen LogP contribution is -2.76. The van der Waals surface area contributed by atoms with E-state index < -0.39 is 5.97 Å². The molecule has 1 saturated carbocycles. The molecular formula is C41H51N2O4+. The lowest BCUT2D eigenvalue weighted by atomic mass is 9.51. The number of aromatic hydroxyl groups is 1. The number of likely N-dealkylation sites (tertiary alicyclic amines) is 1. The number of phenolic OH excluding ortho intramolecular Hbond substituents is 1. The van der Waals surface area contributed by atoms with Gasteiger partial charge in [0.25, 0.3) is 0 Å². The number of aryl methyl sites for hydroxylation is 2. The van der Waals surface area contributed by atoms with Crippen molar-refractivity contribution in [3.8, 4) is 17.2 Å². The van der Waals surface area contributed by atoms with E-state index in [0.717, 1.165) is 86.7 Å². The standard InChI is InChI=1S/C41H50N2O4/c1-3-24-43(42-28-32(22-21-31-15-8-5-9-16-31)18-11-10-17-30-13-6-4-7-14-30)25-23-41-34-19-12-20-38(41)47-40-37(46-29(2)44)27-36(45)33(39(40)41)26-35(34)43/h3-9,13-16,27,32,34-35,38,42H,1,10-12,17-26,28H2,2H3/p+1/t32?,34-,35+,38-,41+,43?/m0/s1. The molecule has 2 aliphatic heterocycles. The number of esters is 1. The van der Waals surface area contributed by atoms with Gasteiger partial charge in [0.1, 0.15) is 24.4 Å². The molecule has 7 rings (SSSR count). The van der Waals surface area contributed by atoms with Crippen molar-refractivity contribution < 1.29 is 24.0 Å². The number of carbonyl (C=O) groups excluding carboxylic acids is 1. The molecule has 2 aliphatic carbocycles. The molecule has 6 nitrogen and oxygen atoms in total. The molecule has 1 spiro atoms. The third kappa shape index (κ3) is 6.00. The van der Waals surface area contributed by atoms with Gasteiger partial charge in [0.15, 0.2) is 11.5 Å². The number of phenols is 1. The number of piperidine rings is 1. The second-order valence-corrected chi connectivity index (χ2v) is 14.6. The van der Waals surface area contributed by atoms with Crippen molar-refractivity contribution in [1.82, 2.24) is 5.43 Å². The maximum absolute atomic E-state index is 12.0. The van der Waals surface area contributed by atoms with E-state index in [2.05, 4.69) is 78.7 Å². The van der Waals surface area contributed by atoms with Crippen LogP contribution in [0.4, 0.5) is 0 Å². The van der Waals surface area contributed by atoms with Gasteiger partial charge in [0, 0.05) is 49.4 Å². The van der Waals surface area contributed by atoms with Crippen molar-refractivity contribution in [3.63, 3.8) is 0 Å². The fourth-order valence-corrected chi connectivity index (χ4v) is 9.87. The van der Waals surface area contributed by atoms with Crippen molar-refractivity contribution in [1.29, 1.82) is 0 Å². The van der Waals surface area contributed by atoms with Crippen LogP contribution in [0.3, 0.4) is 0 Å². The van der Waals surface area contributed by atoms with Gasteiger partial charge in [-0.3, -0.25) is 4.79 Å². The Morgan fingerprint density at radius 1 is 1.09 bits per heavy atom. The van der Waals surface area contributed by atoms with Gasteiger partial charge in [-0.05, 0) is 74.5 Å². The Balaban J connectivity index is 1.14. The first-order valence-electron chi connectivity index (χ1n) is 18.0. The molecule has 6 heteroatoms. The molecule has 3 aromatic carbocycles. The Bertz CT molecular complexity index is 1580. The molecule has 0 amide bonds. The van der Waals surface area contributed by atoms with Gasteiger partial charge in [-0.2, -0.15) is 5.43 Å². The number of rotatable bonds is 14. The predicted molar refractivity (Wildman–Crippen MR) is 185 cm³/mol. The Hall–Kier alpha value is -3.61. The van der Waals surface area contributed by atoms with Crippen molar-refractivity contribution in [2.45, 2.75) is 95.1 Å². The maximum atomic E-state index is 12.0. The summed E-state index contributed by atoms with van der Waals surface area (Å²) in [6.07, 6.45) is 14.2. The molecule has 2 N–H and O–H groups in total. The Kier molecular flexibility index (Phi) is 9.17. The number of carbonyl (C=O) groups is 1. The smallest absolute Gasteiger partial charge is 0.308 e. The summed E-state index contributed by atoms with van der Waals surface area (Å²) in [6.45, 7) is 8.48. The van der Waals surface area contributed by atoms with E-state index in [1.54, 1.807) is 6.07 Å². The number of nitrogens with one attached hydrogen (secondary N) is 1. The summed E-state index contributed by atoms with van der Waals surface area (Å²) in [5, 5.41) is 11.4. The van der Waals surface area contributed by atoms with Crippen LogP contribution in [0.1, 0.15) is 80.5 Å². The fourth-order valence-electron chi connectivity index (χ4n) is 9.87. The first-order chi connectivity index (χ1) is 22.9. The summed E-state index contributed by atoms with van der Waals surface area (Å²) in [7, 11) is 0. The second-order valence-electron chi connectivity index (χ2n) is 14.6. The highest BCUT2D eigenvalue weighted by Crippen LogP contribution is 2.66. The number of hydrogen-bond donors (Lipinski definition) is 2. The second kappa shape index (κ2) is 13.5. The minimum atomic E-state index is -0.391. The van der Waals surface area contributed by atoms with Crippen molar-refractivity contribution in [2.75, 3.05) is 19.6 Å². The third-order valence-electron chi connectivity index (χ3n) is 12.0. The topological polar surface area (TPSA) is 67.8 Å². The number of hydrogen-bond acceptors (Lipinski definition) is 5. The summed E-state index contributed by atoms with van der Waals surface area (Å²) in [5.41, 5.74) is 9.03. The highest BCUT2D eigenvalue weighted by atomic mass is 16.6. The Labute approximate surface area is 280 Å². The SMILES string of the molecule is C=CC[N+]1(NCC(CCCCc2ccccc2)CCc2ccccc2)CC[C@]23c4c5c(O)cc(OC(C)=O)c4O[C@H]2CCC[C@H]3[C@H]1C5. The van der Waals surface area contributed by atoms with E-state index >= 15 is 0 Å². The molecule has 0 aromatic heterocycles. The zero-order valence-corrected chi connectivity index (χ0v) is 28.0. The number of nitrogens with zero attached hydrogens (tertiary/aromatic N) is 1. The van der Waals surface area contributed by atoms with Crippen LogP contribution in [0.5, 0.6) is 17.2 Å². The Morgan fingerprint density at radius 2 is 1.83 bits per heavy atom. The molecule has 4 aliphatic rings. The zero-order chi connectivity index (χ0) is 32.4. The molecule has 6 atom stereocenters. The largest absolute Gasteiger partial charge is 0.508 e. The lowest BCUT2D eigenvalue weighted by molar-refractivity contribution is -0.997. The number of unbranched alkanes of at least 4 members (excludes halogenated alkanes) is 1. The van der Waals surface area contributed by atoms with Crippen LogP contribution in [0.2, 0.25) is 0 Å². The third-order valence-corrected chi connectivity index (χ3v) is 12.0. The molecular weight excluding hydrogens is 584 g/mol. The first-order valence-corrected chi connectivity index (χ1v) is 18.0. The normalized spacial score (nSPS) is 27.4. The van der Waals surface area contributed by atoms with Gasteiger partial charge in [0.05, 0.1) is 12.0 Å². The van der Waals surface area contributed by atoms with Gasteiger partial charge < -0.3 is 14.6 Å². The van der Waals surface area contributed by atoms with Crippen LogP contribution in [-0.4, -0.2) is 47.4 Å². The number of benzene rings is 3. The van der Waals surface area contributed by atoms with E-state index in [1.807, 2.05) is 0 Å². The molecule has 2 unspecified atom stereocenters. The first kappa shape index (κ1) is 32.0.